The van der Waals surface area contributed by atoms with Gasteiger partial charge in [-0.3, -0.25) is 0 Å². The van der Waals surface area contributed by atoms with E-state index in [9.17, 15) is 0 Å². The van der Waals surface area contributed by atoms with Crippen LogP contribution < -0.4 is 0 Å². The van der Waals surface area contributed by atoms with Gasteiger partial charge in [0.2, 0.25) is 0 Å². The van der Waals surface area contributed by atoms with Crippen LogP contribution in [0.25, 0.3) is 0 Å². The molecule has 0 saturated heterocycles. The van der Waals surface area contributed by atoms with Crippen molar-refractivity contribution >= 4 is 11.6 Å². The van der Waals surface area contributed by atoms with Crippen LogP contribution in [-0.2, 0) is 0 Å². The fourth-order valence-electron chi connectivity index (χ4n) is 1.61. The van der Waals surface area contributed by atoms with E-state index in [1.54, 1.807) is 0 Å². The third kappa shape index (κ3) is 2.13. The number of terminal acetylenes is 1. The van der Waals surface area contributed by atoms with Gasteiger partial charge in [-0.2, -0.15) is 0 Å². The van der Waals surface area contributed by atoms with Crippen LogP contribution in [0, 0.1) is 19.3 Å². The zero-order valence-electron chi connectivity index (χ0n) is 8.91. The van der Waals surface area contributed by atoms with E-state index >= 15 is 0 Å². The van der Waals surface area contributed by atoms with Gasteiger partial charge in [-0.25, -0.2) is 0 Å². The highest BCUT2D eigenvalue weighted by atomic mass is 35.5. The Kier molecular flexibility index (Phi) is 3.03. The van der Waals surface area contributed by atoms with Gasteiger partial charge in [0, 0.05) is 5.02 Å². The highest BCUT2D eigenvalue weighted by Crippen LogP contribution is 2.26. The first-order valence-corrected chi connectivity index (χ1v) is 5.36. The molecule has 1 aromatic carbocycles. The van der Waals surface area contributed by atoms with Gasteiger partial charge < -0.3 is 4.42 Å². The molecule has 0 aliphatic carbocycles. The lowest BCUT2D eigenvalue weighted by atomic mass is 9.98. The quantitative estimate of drug-likeness (QED) is 0.711. The van der Waals surface area contributed by atoms with E-state index in [1.165, 1.54) is 0 Å². The topological polar surface area (TPSA) is 13.1 Å². The summed E-state index contributed by atoms with van der Waals surface area (Å²) in [5, 5.41) is 0.704. The molecule has 1 nitrogen and oxygen atoms in total. The Morgan fingerprint density at radius 3 is 2.38 bits per heavy atom. The number of aryl methyl sites for hydroxylation is 1. The maximum Gasteiger partial charge on any atom is 0.123 e. The smallest absolute Gasteiger partial charge is 0.123 e. The molecule has 1 heterocycles. The van der Waals surface area contributed by atoms with E-state index in [0.717, 1.165) is 17.1 Å². The minimum absolute atomic E-state index is 0.147. The fourth-order valence-corrected chi connectivity index (χ4v) is 1.73. The minimum atomic E-state index is -0.147. The van der Waals surface area contributed by atoms with Crippen molar-refractivity contribution in [3.8, 4) is 12.3 Å². The molecule has 0 bridgehead atoms. The Hall–Kier alpha value is -1.65. The van der Waals surface area contributed by atoms with Crippen LogP contribution in [0.5, 0.6) is 0 Å². The van der Waals surface area contributed by atoms with Crippen molar-refractivity contribution in [2.75, 3.05) is 0 Å². The molecule has 0 fully saturated rings. The molecule has 0 aliphatic heterocycles. The van der Waals surface area contributed by atoms with E-state index in [1.807, 2.05) is 43.3 Å². The first kappa shape index (κ1) is 10.9. The van der Waals surface area contributed by atoms with Crippen molar-refractivity contribution in [3.63, 3.8) is 0 Å². The molecule has 1 aromatic heterocycles. The molecule has 0 amide bonds. The maximum absolute atomic E-state index is 5.83. The zero-order chi connectivity index (χ0) is 11.5. The summed E-state index contributed by atoms with van der Waals surface area (Å²) in [6.45, 7) is 1.90. The van der Waals surface area contributed by atoms with Crippen molar-refractivity contribution < 1.29 is 4.42 Å². The number of furan rings is 1. The Morgan fingerprint density at radius 1 is 1.19 bits per heavy atom. The molecule has 0 radical (unpaired) electrons. The normalized spacial score (nSPS) is 12.1. The molecule has 2 rings (SSSR count). The van der Waals surface area contributed by atoms with E-state index in [-0.39, 0.29) is 5.92 Å². The summed E-state index contributed by atoms with van der Waals surface area (Å²) in [7, 11) is 0. The van der Waals surface area contributed by atoms with Crippen LogP contribution in [0.1, 0.15) is 23.0 Å². The Labute approximate surface area is 100 Å². The van der Waals surface area contributed by atoms with Crippen LogP contribution in [-0.4, -0.2) is 0 Å². The average molecular weight is 231 g/mol. The van der Waals surface area contributed by atoms with E-state index in [0.29, 0.717) is 5.02 Å². The summed E-state index contributed by atoms with van der Waals surface area (Å²) in [5.41, 5.74) is 1.02. The van der Waals surface area contributed by atoms with Crippen LogP contribution in [0.3, 0.4) is 0 Å². The Bertz CT molecular complexity index is 516. The minimum Gasteiger partial charge on any atom is -0.465 e. The molecule has 1 unspecified atom stereocenters. The summed E-state index contributed by atoms with van der Waals surface area (Å²) in [6.07, 6.45) is 5.54. The second-order valence-corrected chi connectivity index (χ2v) is 4.04. The number of hydrogen-bond acceptors (Lipinski definition) is 1. The van der Waals surface area contributed by atoms with Gasteiger partial charge >= 0.3 is 0 Å². The van der Waals surface area contributed by atoms with Gasteiger partial charge in [0.05, 0.1) is 0 Å². The average Bonchev–Trinajstić information content (AvgIpc) is 2.69. The van der Waals surface area contributed by atoms with Crippen molar-refractivity contribution in [2.24, 2.45) is 0 Å². The van der Waals surface area contributed by atoms with E-state index < -0.39 is 0 Å². The predicted octanol–water partition coefficient (Wildman–Crippen LogP) is 4.01. The predicted molar refractivity (Wildman–Crippen MR) is 65.6 cm³/mol. The van der Waals surface area contributed by atoms with Gasteiger partial charge in [-0.1, -0.05) is 29.7 Å². The standard InChI is InChI=1S/C14H11ClO/c1-3-13(14-9-4-10(2)16-14)11-5-7-12(15)8-6-11/h1,4-9,13H,2H3. The molecule has 80 valence electrons. The second-order valence-electron chi connectivity index (χ2n) is 3.60. The molecule has 0 saturated carbocycles. The van der Waals surface area contributed by atoms with Gasteiger partial charge in [0.1, 0.15) is 17.4 Å². The van der Waals surface area contributed by atoms with Crippen molar-refractivity contribution in [3.05, 3.63) is 58.5 Å². The maximum atomic E-state index is 5.83. The third-order valence-corrected chi connectivity index (χ3v) is 2.67. The third-order valence-electron chi connectivity index (χ3n) is 2.42. The molecular formula is C14H11ClO. The van der Waals surface area contributed by atoms with Gasteiger partial charge in [-0.05, 0) is 36.8 Å². The molecule has 16 heavy (non-hydrogen) atoms. The Morgan fingerprint density at radius 2 is 1.88 bits per heavy atom. The Balaban J connectivity index is 2.37. The number of hydrogen-bond donors (Lipinski definition) is 0. The molecule has 0 N–H and O–H groups in total. The SMILES string of the molecule is C#CC(c1ccc(Cl)cc1)c1ccc(C)o1. The number of halogens is 1. The van der Waals surface area contributed by atoms with Crippen LogP contribution in [0.2, 0.25) is 5.02 Å². The molecule has 1 atom stereocenters. The highest BCUT2D eigenvalue weighted by molar-refractivity contribution is 6.30. The van der Waals surface area contributed by atoms with Crippen molar-refractivity contribution in [2.45, 2.75) is 12.8 Å². The van der Waals surface area contributed by atoms with Crippen molar-refractivity contribution in [1.29, 1.82) is 0 Å². The molecule has 2 aromatic rings. The lowest BCUT2D eigenvalue weighted by molar-refractivity contribution is 0.483. The summed E-state index contributed by atoms with van der Waals surface area (Å²) in [6, 6.07) is 11.3. The summed E-state index contributed by atoms with van der Waals surface area (Å²) < 4.78 is 5.55. The van der Waals surface area contributed by atoms with Gasteiger partial charge in [-0.15, -0.1) is 6.42 Å². The molecular weight excluding hydrogens is 220 g/mol. The first-order chi connectivity index (χ1) is 7.70. The van der Waals surface area contributed by atoms with Crippen LogP contribution in [0.4, 0.5) is 0 Å². The summed E-state index contributed by atoms with van der Waals surface area (Å²) in [4.78, 5) is 0. The van der Waals surface area contributed by atoms with E-state index in [4.69, 9.17) is 22.4 Å². The second kappa shape index (κ2) is 4.47. The van der Waals surface area contributed by atoms with Crippen LogP contribution in [0.15, 0.2) is 40.8 Å². The molecule has 2 heteroatoms. The summed E-state index contributed by atoms with van der Waals surface area (Å²) >= 11 is 5.83. The number of benzene rings is 1. The van der Waals surface area contributed by atoms with Crippen molar-refractivity contribution in [1.82, 2.24) is 0 Å². The lowest BCUT2D eigenvalue weighted by Crippen LogP contribution is -1.95. The fraction of sp³-hybridized carbons (Fsp3) is 0.143. The number of rotatable bonds is 2. The molecule has 0 spiro atoms. The monoisotopic (exact) mass is 230 g/mol. The summed E-state index contributed by atoms with van der Waals surface area (Å²) in [5.74, 6) is 4.24. The largest absolute Gasteiger partial charge is 0.465 e. The zero-order valence-corrected chi connectivity index (χ0v) is 9.66. The molecule has 0 aliphatic rings. The van der Waals surface area contributed by atoms with Gasteiger partial charge in [0.15, 0.2) is 0 Å². The van der Waals surface area contributed by atoms with Crippen LogP contribution >= 0.6 is 11.6 Å². The highest BCUT2D eigenvalue weighted by Gasteiger charge is 2.14. The van der Waals surface area contributed by atoms with Gasteiger partial charge in [0.25, 0.3) is 0 Å². The first-order valence-electron chi connectivity index (χ1n) is 4.98. The lowest BCUT2D eigenvalue weighted by Gasteiger charge is -2.08. The van der Waals surface area contributed by atoms with E-state index in [2.05, 4.69) is 5.92 Å².